The lowest BCUT2D eigenvalue weighted by molar-refractivity contribution is -0.166. The zero-order chi connectivity index (χ0) is 10.4. The molecule has 0 aromatic rings. The van der Waals surface area contributed by atoms with Gasteiger partial charge in [0.05, 0.1) is 13.7 Å². The number of hydrogen-bond donors (Lipinski definition) is 2. The van der Waals surface area contributed by atoms with E-state index < -0.39 is 24.6 Å². The highest BCUT2D eigenvalue weighted by Crippen LogP contribution is 1.97. The fourth-order valence-electron chi connectivity index (χ4n) is 0.374. The molecule has 0 aliphatic carbocycles. The molecule has 6 nitrogen and oxygen atoms in total. The molecule has 74 valence electrons. The zero-order valence-corrected chi connectivity index (χ0v) is 7.02. The van der Waals surface area contributed by atoms with Gasteiger partial charge >= 0.3 is 11.9 Å². The summed E-state index contributed by atoms with van der Waals surface area (Å²) in [5, 5.41) is 17.0. The largest absolute Gasteiger partial charge is 0.490 e. The number of aliphatic hydroxyl groups excluding tert-OH is 2. The maximum absolute atomic E-state index is 10.7. The van der Waals surface area contributed by atoms with E-state index in [0.29, 0.717) is 0 Å². The van der Waals surface area contributed by atoms with E-state index in [2.05, 4.69) is 16.1 Å². The van der Waals surface area contributed by atoms with Crippen molar-refractivity contribution in [3.63, 3.8) is 0 Å². The molecule has 0 bridgehead atoms. The first-order valence-corrected chi connectivity index (χ1v) is 3.30. The lowest BCUT2D eigenvalue weighted by atomic mass is 10.4. The summed E-state index contributed by atoms with van der Waals surface area (Å²) in [5.41, 5.74) is 0. The van der Waals surface area contributed by atoms with Crippen LogP contribution in [0.15, 0.2) is 12.3 Å². The van der Waals surface area contributed by atoms with E-state index in [9.17, 15) is 9.59 Å². The molecule has 0 aromatic carbocycles. The summed E-state index contributed by atoms with van der Waals surface area (Å²) < 4.78 is 8.40. The summed E-state index contributed by atoms with van der Waals surface area (Å²) in [6.45, 7) is 2.30. The summed E-state index contributed by atoms with van der Waals surface area (Å²) in [6.07, 6.45) is -1.73. The molecule has 6 heteroatoms. The maximum atomic E-state index is 10.7. The predicted octanol–water partition coefficient (Wildman–Crippen LogP) is -1.43. The van der Waals surface area contributed by atoms with Crippen LogP contribution in [-0.4, -0.2) is 42.0 Å². The third-order valence-electron chi connectivity index (χ3n) is 1.11. The number of methoxy groups -OCH3 is 1. The zero-order valence-electron chi connectivity index (χ0n) is 7.02. The van der Waals surface area contributed by atoms with Gasteiger partial charge in [-0.1, -0.05) is 0 Å². The molecule has 0 radical (unpaired) electrons. The molecule has 0 amide bonds. The quantitative estimate of drug-likeness (QED) is 0.244. The lowest BCUT2D eigenvalue weighted by Gasteiger charge is -2.06. The van der Waals surface area contributed by atoms with Gasteiger partial charge in [0.15, 0.2) is 11.9 Å². The molecule has 1 unspecified atom stereocenters. The van der Waals surface area contributed by atoms with Gasteiger partial charge in [0.25, 0.3) is 0 Å². The predicted molar refractivity (Wildman–Crippen MR) is 40.3 cm³/mol. The van der Waals surface area contributed by atoms with E-state index in [1.807, 2.05) is 0 Å². The molecular weight excluding hydrogens is 180 g/mol. The Labute approximate surface area is 74.4 Å². The fraction of sp³-hybridized carbons (Fsp3) is 0.429. The second-order valence-electron chi connectivity index (χ2n) is 2.03. The van der Waals surface area contributed by atoms with Gasteiger partial charge in [-0.2, -0.15) is 0 Å². The van der Waals surface area contributed by atoms with Gasteiger partial charge in [-0.25, -0.2) is 9.59 Å². The van der Waals surface area contributed by atoms with Crippen molar-refractivity contribution in [2.75, 3.05) is 13.7 Å². The van der Waals surface area contributed by atoms with Crippen molar-refractivity contribution in [1.29, 1.82) is 0 Å². The van der Waals surface area contributed by atoms with E-state index in [1.165, 1.54) is 7.11 Å². The van der Waals surface area contributed by atoms with Gasteiger partial charge in [0, 0.05) is 0 Å². The average molecular weight is 190 g/mol. The number of esters is 2. The molecule has 0 fully saturated rings. The summed E-state index contributed by atoms with van der Waals surface area (Å²) in [4.78, 5) is 21.4. The van der Waals surface area contributed by atoms with Crippen LogP contribution < -0.4 is 0 Å². The van der Waals surface area contributed by atoms with Crippen molar-refractivity contribution in [2.45, 2.75) is 6.10 Å². The van der Waals surface area contributed by atoms with Crippen molar-refractivity contribution >= 4 is 11.9 Å². The fourth-order valence-corrected chi connectivity index (χ4v) is 0.374. The molecule has 0 aliphatic rings. The molecule has 2 N–H and O–H groups in total. The van der Waals surface area contributed by atoms with Crippen LogP contribution in [0.2, 0.25) is 0 Å². The molecule has 0 rings (SSSR count). The number of carbonyl (C=O) groups is 2. The van der Waals surface area contributed by atoms with Crippen molar-refractivity contribution in [1.82, 2.24) is 0 Å². The van der Waals surface area contributed by atoms with Crippen LogP contribution in [0.25, 0.3) is 0 Å². The van der Waals surface area contributed by atoms with E-state index in [1.54, 1.807) is 0 Å². The van der Waals surface area contributed by atoms with Gasteiger partial charge in [0.2, 0.25) is 0 Å². The smallest absolute Gasteiger partial charge is 0.380 e. The first-order valence-electron chi connectivity index (χ1n) is 3.30. The molecule has 1 atom stereocenters. The highest BCUT2D eigenvalue weighted by Gasteiger charge is 2.20. The third-order valence-corrected chi connectivity index (χ3v) is 1.11. The second kappa shape index (κ2) is 5.28. The van der Waals surface area contributed by atoms with Crippen LogP contribution in [0.1, 0.15) is 0 Å². The van der Waals surface area contributed by atoms with Crippen LogP contribution in [0.3, 0.4) is 0 Å². The number of ether oxygens (including phenoxy) is 2. The molecule has 13 heavy (non-hydrogen) atoms. The Morgan fingerprint density at radius 3 is 2.46 bits per heavy atom. The Morgan fingerprint density at radius 1 is 1.54 bits per heavy atom. The Hall–Kier alpha value is -1.40. The summed E-state index contributed by atoms with van der Waals surface area (Å²) in [5.74, 6) is -2.70. The Bertz CT molecular complexity index is 221. The lowest BCUT2D eigenvalue weighted by Crippen LogP contribution is -2.29. The van der Waals surface area contributed by atoms with Crippen LogP contribution in [0.5, 0.6) is 0 Å². The minimum absolute atomic E-state index is 0.363. The number of aliphatic hydroxyl groups is 2. The molecule has 0 aromatic heterocycles. The highest BCUT2D eigenvalue weighted by atomic mass is 16.6. The Balaban J connectivity index is 4.07. The maximum Gasteiger partial charge on any atom is 0.380 e. The topological polar surface area (TPSA) is 93.1 Å². The van der Waals surface area contributed by atoms with Gasteiger partial charge in [0.1, 0.15) is 0 Å². The van der Waals surface area contributed by atoms with E-state index in [4.69, 9.17) is 10.2 Å². The third kappa shape index (κ3) is 3.68. The molecule has 0 heterocycles. The van der Waals surface area contributed by atoms with Crippen LogP contribution >= 0.6 is 0 Å². The van der Waals surface area contributed by atoms with E-state index >= 15 is 0 Å². The van der Waals surface area contributed by atoms with Crippen molar-refractivity contribution in [2.24, 2.45) is 0 Å². The molecule has 0 aliphatic heterocycles. The second-order valence-corrected chi connectivity index (χ2v) is 2.03. The van der Waals surface area contributed by atoms with Gasteiger partial charge < -0.3 is 19.7 Å². The summed E-state index contributed by atoms with van der Waals surface area (Å²) in [6, 6.07) is 0. The minimum atomic E-state index is -1.73. The number of hydrogen-bond acceptors (Lipinski definition) is 6. The molecule has 0 saturated carbocycles. The Kier molecular flexibility index (Phi) is 4.71. The average Bonchev–Trinajstić information content (AvgIpc) is 2.14. The number of rotatable bonds is 4. The SMILES string of the molecule is C=C(OC)C(=O)OC(=O)C(O)CO. The van der Waals surface area contributed by atoms with Crippen molar-refractivity contribution < 1.29 is 29.3 Å². The van der Waals surface area contributed by atoms with Gasteiger partial charge in [-0.15, -0.1) is 0 Å². The Morgan fingerprint density at radius 2 is 2.08 bits per heavy atom. The molecular formula is C7H10O6. The first-order chi connectivity index (χ1) is 6.02. The first kappa shape index (κ1) is 11.6. The normalized spacial score (nSPS) is 11.6. The molecule has 0 spiro atoms. The highest BCUT2D eigenvalue weighted by molar-refractivity contribution is 5.95. The monoisotopic (exact) mass is 190 g/mol. The molecule has 0 saturated heterocycles. The van der Waals surface area contributed by atoms with Gasteiger partial charge in [-0.3, -0.25) is 0 Å². The number of carbonyl (C=O) groups excluding carboxylic acids is 2. The van der Waals surface area contributed by atoms with Crippen molar-refractivity contribution in [3.8, 4) is 0 Å². The minimum Gasteiger partial charge on any atom is -0.490 e. The summed E-state index contributed by atoms with van der Waals surface area (Å²) in [7, 11) is 1.18. The summed E-state index contributed by atoms with van der Waals surface area (Å²) >= 11 is 0. The van der Waals surface area contributed by atoms with E-state index in [-0.39, 0.29) is 5.76 Å². The van der Waals surface area contributed by atoms with Crippen LogP contribution in [0, 0.1) is 0 Å². The van der Waals surface area contributed by atoms with Gasteiger partial charge in [-0.05, 0) is 6.58 Å². The van der Waals surface area contributed by atoms with Crippen LogP contribution in [0.4, 0.5) is 0 Å². The van der Waals surface area contributed by atoms with E-state index in [0.717, 1.165) is 0 Å². The van der Waals surface area contributed by atoms with Crippen LogP contribution in [-0.2, 0) is 19.1 Å². The standard InChI is InChI=1S/C7H10O6/c1-4(12-2)6(10)13-7(11)5(9)3-8/h5,8-9H,1,3H2,2H3. The van der Waals surface area contributed by atoms with Crippen molar-refractivity contribution in [3.05, 3.63) is 12.3 Å².